The molecule has 1 aromatic heterocycles. The van der Waals surface area contributed by atoms with Crippen molar-refractivity contribution in [3.63, 3.8) is 0 Å². The summed E-state index contributed by atoms with van der Waals surface area (Å²) in [7, 11) is 0. The van der Waals surface area contributed by atoms with Gasteiger partial charge in [-0.1, -0.05) is 19.1 Å². The number of rotatable bonds is 2. The molecular weight excluding hydrogens is 446 g/mol. The normalized spacial score (nSPS) is 39.5. The average Bonchev–Trinajstić information content (AvgIpc) is 3.26. The van der Waals surface area contributed by atoms with Crippen molar-refractivity contribution in [3.8, 4) is 0 Å². The van der Waals surface area contributed by atoms with Crippen LogP contribution in [0.1, 0.15) is 75.8 Å². The van der Waals surface area contributed by atoms with Crippen LogP contribution in [0.5, 0.6) is 0 Å². The highest BCUT2D eigenvalue weighted by Gasteiger charge is 2.57. The topological polar surface area (TPSA) is 37.8 Å². The Balaban J connectivity index is 1.10. The van der Waals surface area contributed by atoms with E-state index in [2.05, 4.69) is 46.1 Å². The lowest BCUT2D eigenvalue weighted by Gasteiger charge is -2.49. The highest BCUT2D eigenvalue weighted by atomic mass is 16.5. The van der Waals surface area contributed by atoms with Crippen LogP contribution in [-0.2, 0) is 22.4 Å². The summed E-state index contributed by atoms with van der Waals surface area (Å²) in [6.45, 7) is 8.69. The Labute approximate surface area is 216 Å². The summed E-state index contributed by atoms with van der Waals surface area (Å²) < 4.78 is 13.0. The van der Waals surface area contributed by atoms with Crippen molar-refractivity contribution in [2.24, 2.45) is 5.92 Å². The predicted molar refractivity (Wildman–Crippen MR) is 142 cm³/mol. The summed E-state index contributed by atoms with van der Waals surface area (Å²) >= 11 is 0. The van der Waals surface area contributed by atoms with Crippen LogP contribution < -0.4 is 0 Å². The molecule has 4 aliphatic heterocycles. The Morgan fingerprint density at radius 3 is 2.78 bits per heavy atom. The van der Waals surface area contributed by atoms with Crippen molar-refractivity contribution in [2.45, 2.75) is 101 Å². The second-order valence-electron chi connectivity index (χ2n) is 12.5. The lowest BCUT2D eigenvalue weighted by atomic mass is 9.74. The van der Waals surface area contributed by atoms with Crippen molar-refractivity contribution in [3.05, 3.63) is 52.9 Å². The van der Waals surface area contributed by atoms with Crippen LogP contribution >= 0.6 is 0 Å². The SMILES string of the molecule is CC1CC=C2C=C3CCC(N4CCOCC4)CC34CCC2(CCCC1N1CCc2ccncc2C1)O4. The zero-order chi connectivity index (χ0) is 24.2. The number of ether oxygens (including phenoxy) is 2. The van der Waals surface area contributed by atoms with Gasteiger partial charge in [0.25, 0.3) is 0 Å². The maximum atomic E-state index is 7.34. The molecule has 6 aliphatic rings. The first-order chi connectivity index (χ1) is 17.6. The standard InChI is InChI=1S/C31H43N3O2/c1-23-4-5-26-19-27-6-7-28(33-15-17-35-18-16-33)20-31(27)12-11-30(26,36-31)10-2-3-29(23)34-14-9-24-8-13-32-21-25(24)22-34/h5,8,13,19,21,23,28-29H,2-4,6-7,9-12,14-18,20,22H2,1H3. The van der Waals surface area contributed by atoms with Crippen molar-refractivity contribution < 1.29 is 9.47 Å². The highest BCUT2D eigenvalue weighted by molar-refractivity contribution is 5.44. The van der Waals surface area contributed by atoms with E-state index in [1.54, 1.807) is 5.57 Å². The molecule has 2 bridgehead atoms. The third kappa shape index (κ3) is 4.02. The van der Waals surface area contributed by atoms with Crippen LogP contribution in [0.4, 0.5) is 0 Å². The molecule has 2 aliphatic carbocycles. The van der Waals surface area contributed by atoms with Crippen LogP contribution in [0.2, 0.25) is 0 Å². The van der Waals surface area contributed by atoms with Crippen molar-refractivity contribution in [1.29, 1.82) is 0 Å². The fraction of sp³-hybridized carbons (Fsp3) is 0.710. The molecule has 36 heavy (non-hydrogen) atoms. The molecule has 5 atom stereocenters. The molecule has 7 rings (SSSR count). The van der Waals surface area contributed by atoms with Gasteiger partial charge in [0, 0.05) is 50.7 Å². The molecule has 5 unspecified atom stereocenters. The van der Waals surface area contributed by atoms with Crippen LogP contribution in [0.3, 0.4) is 0 Å². The largest absolute Gasteiger partial charge is 0.379 e. The zero-order valence-electron chi connectivity index (χ0n) is 22.1. The van der Waals surface area contributed by atoms with Gasteiger partial charge in [-0.25, -0.2) is 0 Å². The molecule has 2 saturated heterocycles. The van der Waals surface area contributed by atoms with E-state index in [9.17, 15) is 0 Å². The minimum absolute atomic E-state index is 0.00120. The van der Waals surface area contributed by atoms with Crippen LogP contribution in [0.25, 0.3) is 0 Å². The summed E-state index contributed by atoms with van der Waals surface area (Å²) in [5, 5.41) is 0. The van der Waals surface area contributed by atoms with E-state index >= 15 is 0 Å². The number of fused-ring (bicyclic) bond motifs is 1. The Bertz CT molecular complexity index is 1050. The van der Waals surface area contributed by atoms with Crippen molar-refractivity contribution >= 4 is 0 Å². The van der Waals surface area contributed by atoms with Gasteiger partial charge in [-0.2, -0.15) is 0 Å². The predicted octanol–water partition coefficient (Wildman–Crippen LogP) is 5.06. The fourth-order valence-corrected chi connectivity index (χ4v) is 8.54. The summed E-state index contributed by atoms with van der Waals surface area (Å²) in [5.41, 5.74) is 6.03. The first-order valence-corrected chi connectivity index (χ1v) is 14.7. The van der Waals surface area contributed by atoms with E-state index < -0.39 is 0 Å². The lowest BCUT2D eigenvalue weighted by molar-refractivity contribution is -0.104. The molecule has 0 amide bonds. The van der Waals surface area contributed by atoms with Gasteiger partial charge in [0.2, 0.25) is 0 Å². The van der Waals surface area contributed by atoms with Crippen molar-refractivity contribution in [2.75, 3.05) is 32.8 Å². The van der Waals surface area contributed by atoms with E-state index in [-0.39, 0.29) is 11.2 Å². The Morgan fingerprint density at radius 1 is 0.972 bits per heavy atom. The smallest absolute Gasteiger partial charge is 0.0941 e. The highest BCUT2D eigenvalue weighted by Crippen LogP contribution is 2.58. The number of nitrogens with zero attached hydrogens (tertiary/aromatic N) is 3. The molecule has 1 aromatic rings. The van der Waals surface area contributed by atoms with Gasteiger partial charge < -0.3 is 9.47 Å². The van der Waals surface area contributed by atoms with Crippen LogP contribution in [0.15, 0.2) is 41.8 Å². The second kappa shape index (κ2) is 9.34. The van der Waals surface area contributed by atoms with Gasteiger partial charge in [0.1, 0.15) is 0 Å². The van der Waals surface area contributed by atoms with Gasteiger partial charge >= 0.3 is 0 Å². The number of allylic oxidation sites excluding steroid dienone is 1. The van der Waals surface area contributed by atoms with E-state index in [1.165, 1.54) is 74.6 Å². The van der Waals surface area contributed by atoms with Gasteiger partial charge in [-0.15, -0.1) is 0 Å². The molecule has 0 aromatic carbocycles. The minimum atomic E-state index is -0.0383. The third-order valence-electron chi connectivity index (χ3n) is 10.6. The first kappa shape index (κ1) is 23.6. The average molecular weight is 490 g/mol. The summed E-state index contributed by atoms with van der Waals surface area (Å²) in [6.07, 6.45) is 21.4. The molecule has 5 heterocycles. The molecule has 5 nitrogen and oxygen atoms in total. The fourth-order valence-electron chi connectivity index (χ4n) is 8.54. The first-order valence-electron chi connectivity index (χ1n) is 14.7. The van der Waals surface area contributed by atoms with Gasteiger partial charge in [-0.3, -0.25) is 14.8 Å². The number of hydrogen-bond acceptors (Lipinski definition) is 5. The maximum absolute atomic E-state index is 7.34. The Morgan fingerprint density at radius 2 is 1.86 bits per heavy atom. The van der Waals surface area contributed by atoms with Gasteiger partial charge in [0.05, 0.1) is 24.4 Å². The molecule has 0 N–H and O–H groups in total. The van der Waals surface area contributed by atoms with Crippen LogP contribution in [0, 0.1) is 5.92 Å². The minimum Gasteiger partial charge on any atom is -0.379 e. The maximum Gasteiger partial charge on any atom is 0.0941 e. The molecule has 5 heteroatoms. The Kier molecular flexibility index (Phi) is 6.12. The second-order valence-corrected chi connectivity index (χ2v) is 12.5. The quantitative estimate of drug-likeness (QED) is 0.581. The summed E-state index contributed by atoms with van der Waals surface area (Å²) in [6, 6.07) is 3.52. The van der Waals surface area contributed by atoms with E-state index in [1.807, 2.05) is 6.20 Å². The number of morpholine rings is 1. The van der Waals surface area contributed by atoms with E-state index in [0.29, 0.717) is 18.0 Å². The molecule has 1 saturated carbocycles. The number of hydrogen-bond donors (Lipinski definition) is 0. The molecule has 194 valence electrons. The zero-order valence-corrected chi connectivity index (χ0v) is 22.1. The number of aromatic nitrogens is 1. The van der Waals surface area contributed by atoms with Gasteiger partial charge in [0.15, 0.2) is 0 Å². The monoisotopic (exact) mass is 489 g/mol. The van der Waals surface area contributed by atoms with E-state index in [0.717, 1.165) is 45.7 Å². The lowest BCUT2D eigenvalue weighted by Crippen LogP contribution is -2.52. The molecule has 0 radical (unpaired) electrons. The molecular formula is C31H43N3O2. The molecule has 2 spiro atoms. The van der Waals surface area contributed by atoms with Gasteiger partial charge in [-0.05, 0) is 98.5 Å². The third-order valence-corrected chi connectivity index (χ3v) is 10.6. The molecule has 3 fully saturated rings. The summed E-state index contributed by atoms with van der Waals surface area (Å²) in [5.74, 6) is 0.661. The summed E-state index contributed by atoms with van der Waals surface area (Å²) in [4.78, 5) is 9.88. The van der Waals surface area contributed by atoms with Crippen molar-refractivity contribution in [1.82, 2.24) is 14.8 Å². The van der Waals surface area contributed by atoms with E-state index in [4.69, 9.17) is 9.47 Å². The number of pyridine rings is 1. The van der Waals surface area contributed by atoms with Crippen LogP contribution in [-0.4, -0.2) is 70.9 Å². The Hall–Kier alpha value is -1.53.